The van der Waals surface area contributed by atoms with E-state index in [1.807, 2.05) is 12.1 Å². The van der Waals surface area contributed by atoms with Crippen molar-refractivity contribution in [1.82, 2.24) is 14.5 Å². The third kappa shape index (κ3) is 5.15. The highest BCUT2D eigenvalue weighted by atomic mass is 16.5. The van der Waals surface area contributed by atoms with Crippen molar-refractivity contribution < 1.29 is 9.53 Å². The first kappa shape index (κ1) is 20.6. The topological polar surface area (TPSA) is 110 Å². The molecule has 3 N–H and O–H groups in total. The van der Waals surface area contributed by atoms with Gasteiger partial charge in [-0.05, 0) is 24.6 Å². The maximum atomic E-state index is 12.6. The molecule has 0 spiro atoms. The summed E-state index contributed by atoms with van der Waals surface area (Å²) in [5, 5.41) is 0. The molecule has 1 aromatic carbocycles. The van der Waals surface area contributed by atoms with E-state index >= 15 is 0 Å². The lowest BCUT2D eigenvalue weighted by Crippen LogP contribution is -2.39. The number of carbonyl (C=O) groups is 1. The van der Waals surface area contributed by atoms with E-state index in [1.54, 1.807) is 11.9 Å². The fourth-order valence-electron chi connectivity index (χ4n) is 2.83. The minimum Gasteiger partial charge on any atom is -0.384 e. The van der Waals surface area contributed by atoms with Crippen LogP contribution in [0.5, 0.6) is 0 Å². The predicted octanol–water partition coefficient (Wildman–Crippen LogP) is 0.642. The summed E-state index contributed by atoms with van der Waals surface area (Å²) < 4.78 is 6.07. The third-order valence-electron chi connectivity index (χ3n) is 4.33. The SMILES string of the molecule is CCc1ccc(CN(C)CC(=O)c2c(N)n(CCOC)c(=O)[nH]c2=O)cc1. The van der Waals surface area contributed by atoms with Gasteiger partial charge >= 0.3 is 5.69 Å². The molecule has 0 amide bonds. The first-order valence-corrected chi connectivity index (χ1v) is 8.78. The number of carbonyl (C=O) groups excluding carboxylic acids is 1. The molecule has 2 rings (SSSR count). The number of aryl methyl sites for hydroxylation is 1. The summed E-state index contributed by atoms with van der Waals surface area (Å²) in [4.78, 5) is 40.6. The number of anilines is 1. The molecule has 0 unspecified atom stereocenters. The standard InChI is InChI=1S/C19H26N4O4/c1-4-13-5-7-14(8-6-13)11-22(2)12-15(24)16-17(20)23(9-10-27-3)19(26)21-18(16)25/h5-8H,4,9-12,20H2,1-3H3,(H,21,25,26). The fraction of sp³-hybridized carbons (Fsp3) is 0.421. The normalized spacial score (nSPS) is 11.1. The highest BCUT2D eigenvalue weighted by molar-refractivity contribution is 6.01. The summed E-state index contributed by atoms with van der Waals surface area (Å²) >= 11 is 0. The Bertz CT molecular complexity index is 899. The number of likely N-dealkylation sites (N-methyl/N-ethyl adjacent to an activating group) is 1. The summed E-state index contributed by atoms with van der Waals surface area (Å²) in [7, 11) is 3.28. The van der Waals surface area contributed by atoms with E-state index in [-0.39, 0.29) is 31.1 Å². The Balaban J connectivity index is 2.16. The van der Waals surface area contributed by atoms with Crippen molar-refractivity contribution in [3.63, 3.8) is 0 Å². The lowest BCUT2D eigenvalue weighted by Gasteiger charge is -2.17. The number of rotatable bonds is 9. The number of hydrogen-bond acceptors (Lipinski definition) is 6. The van der Waals surface area contributed by atoms with Gasteiger partial charge in [-0.3, -0.25) is 24.0 Å². The van der Waals surface area contributed by atoms with E-state index < -0.39 is 17.0 Å². The molecule has 1 aromatic heterocycles. The molecule has 0 bridgehead atoms. The molecule has 8 heteroatoms. The van der Waals surface area contributed by atoms with Gasteiger partial charge in [0.1, 0.15) is 11.4 Å². The maximum absolute atomic E-state index is 12.6. The molecule has 8 nitrogen and oxygen atoms in total. The predicted molar refractivity (Wildman–Crippen MR) is 104 cm³/mol. The fourth-order valence-corrected chi connectivity index (χ4v) is 2.83. The Hall–Kier alpha value is -2.71. The van der Waals surface area contributed by atoms with Crippen molar-refractivity contribution in [3.05, 3.63) is 61.8 Å². The van der Waals surface area contributed by atoms with Crippen LogP contribution in [0.15, 0.2) is 33.9 Å². The van der Waals surface area contributed by atoms with Crippen LogP contribution in [0.3, 0.4) is 0 Å². The van der Waals surface area contributed by atoms with E-state index in [1.165, 1.54) is 12.7 Å². The summed E-state index contributed by atoms with van der Waals surface area (Å²) in [6, 6.07) is 8.15. The van der Waals surface area contributed by atoms with Crippen LogP contribution in [0.4, 0.5) is 5.82 Å². The van der Waals surface area contributed by atoms with Gasteiger partial charge in [-0.1, -0.05) is 31.2 Å². The lowest BCUT2D eigenvalue weighted by molar-refractivity contribution is 0.0941. The number of ether oxygens (including phenoxy) is 1. The Morgan fingerprint density at radius 2 is 1.85 bits per heavy atom. The monoisotopic (exact) mass is 374 g/mol. The molecule has 0 aliphatic heterocycles. The Labute approximate surface area is 157 Å². The molecule has 0 atom stereocenters. The van der Waals surface area contributed by atoms with Gasteiger partial charge in [0.15, 0.2) is 5.78 Å². The molecular weight excluding hydrogens is 348 g/mol. The van der Waals surface area contributed by atoms with Crippen LogP contribution in [-0.4, -0.2) is 47.5 Å². The number of nitrogens with zero attached hydrogens (tertiary/aromatic N) is 2. The third-order valence-corrected chi connectivity index (χ3v) is 4.33. The van der Waals surface area contributed by atoms with Gasteiger partial charge in [-0.25, -0.2) is 4.79 Å². The van der Waals surface area contributed by atoms with Crippen molar-refractivity contribution in [2.75, 3.05) is 33.0 Å². The molecule has 0 aliphatic rings. The number of nitrogen functional groups attached to an aromatic ring is 1. The van der Waals surface area contributed by atoms with E-state index in [4.69, 9.17) is 10.5 Å². The first-order valence-electron chi connectivity index (χ1n) is 8.78. The molecule has 1 heterocycles. The van der Waals surface area contributed by atoms with Crippen LogP contribution in [0.25, 0.3) is 0 Å². The summed E-state index contributed by atoms with van der Waals surface area (Å²) in [6.45, 7) is 3.03. The second kappa shape index (κ2) is 9.29. The number of Topliss-reactive ketones (excluding diaryl/α,β-unsaturated/α-hetero) is 1. The number of benzene rings is 1. The maximum Gasteiger partial charge on any atom is 0.330 e. The summed E-state index contributed by atoms with van der Waals surface area (Å²) in [6.07, 6.45) is 0.968. The van der Waals surface area contributed by atoms with Gasteiger partial charge in [-0.15, -0.1) is 0 Å². The highest BCUT2D eigenvalue weighted by Crippen LogP contribution is 2.10. The Morgan fingerprint density at radius 1 is 1.22 bits per heavy atom. The van der Waals surface area contributed by atoms with Gasteiger partial charge in [0.05, 0.1) is 19.7 Å². The molecular formula is C19H26N4O4. The van der Waals surface area contributed by atoms with Crippen LogP contribution < -0.4 is 17.0 Å². The lowest BCUT2D eigenvalue weighted by atomic mass is 10.1. The van der Waals surface area contributed by atoms with Crippen LogP contribution in [0.2, 0.25) is 0 Å². The number of ketones is 1. The molecule has 0 aliphatic carbocycles. The zero-order valence-electron chi connectivity index (χ0n) is 15.9. The van der Waals surface area contributed by atoms with Crippen molar-refractivity contribution >= 4 is 11.6 Å². The molecule has 2 aromatic rings. The molecule has 0 fully saturated rings. The smallest absolute Gasteiger partial charge is 0.330 e. The number of aromatic nitrogens is 2. The van der Waals surface area contributed by atoms with Crippen molar-refractivity contribution in [3.8, 4) is 0 Å². The largest absolute Gasteiger partial charge is 0.384 e. The van der Waals surface area contributed by atoms with E-state index in [2.05, 4.69) is 24.0 Å². The highest BCUT2D eigenvalue weighted by Gasteiger charge is 2.20. The quantitative estimate of drug-likeness (QED) is 0.623. The number of H-pyrrole nitrogens is 1. The Morgan fingerprint density at radius 3 is 2.44 bits per heavy atom. The van der Waals surface area contributed by atoms with Crippen LogP contribution in [-0.2, 0) is 24.2 Å². The van der Waals surface area contributed by atoms with Gasteiger partial charge in [0, 0.05) is 13.7 Å². The molecule has 0 saturated heterocycles. The van der Waals surface area contributed by atoms with Gasteiger partial charge in [0.2, 0.25) is 0 Å². The molecule has 0 saturated carbocycles. The summed E-state index contributed by atoms with van der Waals surface area (Å²) in [5.74, 6) is -0.570. The van der Waals surface area contributed by atoms with Gasteiger partial charge < -0.3 is 10.5 Å². The molecule has 27 heavy (non-hydrogen) atoms. The van der Waals surface area contributed by atoms with E-state index in [0.29, 0.717) is 6.54 Å². The van der Waals surface area contributed by atoms with Crippen molar-refractivity contribution in [2.45, 2.75) is 26.4 Å². The number of aromatic amines is 1. The molecule has 146 valence electrons. The first-order chi connectivity index (χ1) is 12.9. The second-order valence-corrected chi connectivity index (χ2v) is 6.43. The number of nitrogens with one attached hydrogen (secondary N) is 1. The van der Waals surface area contributed by atoms with Crippen LogP contribution in [0, 0.1) is 0 Å². The number of hydrogen-bond donors (Lipinski definition) is 2. The van der Waals surface area contributed by atoms with Crippen molar-refractivity contribution in [2.24, 2.45) is 0 Å². The summed E-state index contributed by atoms with van der Waals surface area (Å²) in [5.41, 5.74) is 6.63. The number of nitrogens with two attached hydrogens (primary N) is 1. The number of methoxy groups -OCH3 is 1. The van der Waals surface area contributed by atoms with Crippen LogP contribution in [0.1, 0.15) is 28.4 Å². The van der Waals surface area contributed by atoms with E-state index in [0.717, 1.165) is 16.6 Å². The average Bonchev–Trinajstić information content (AvgIpc) is 2.61. The van der Waals surface area contributed by atoms with E-state index in [9.17, 15) is 14.4 Å². The Kier molecular flexibility index (Phi) is 7.09. The van der Waals surface area contributed by atoms with Gasteiger partial charge in [0.25, 0.3) is 5.56 Å². The zero-order valence-corrected chi connectivity index (χ0v) is 15.9. The minimum atomic E-state index is -0.767. The zero-order chi connectivity index (χ0) is 20.0. The van der Waals surface area contributed by atoms with Crippen molar-refractivity contribution in [1.29, 1.82) is 0 Å². The minimum absolute atomic E-state index is 0.00525. The second-order valence-electron chi connectivity index (χ2n) is 6.43. The van der Waals surface area contributed by atoms with Gasteiger partial charge in [-0.2, -0.15) is 0 Å². The molecule has 0 radical (unpaired) electrons. The average molecular weight is 374 g/mol. The van der Waals surface area contributed by atoms with Crippen LogP contribution >= 0.6 is 0 Å².